The fraction of sp³-hybridized carbons (Fsp3) is 0.750. The summed E-state index contributed by atoms with van der Waals surface area (Å²) in [4.78, 5) is 11.3. The fourth-order valence-corrected chi connectivity index (χ4v) is 2.08. The highest BCUT2D eigenvalue weighted by Crippen LogP contribution is 2.25. The number of hydrogen-bond acceptors (Lipinski definition) is 1. The van der Waals surface area contributed by atoms with Gasteiger partial charge in [-0.2, -0.15) is 0 Å². The minimum Gasteiger partial charge on any atom is -0.299 e. The summed E-state index contributed by atoms with van der Waals surface area (Å²) in [5.41, 5.74) is 0. The van der Waals surface area contributed by atoms with Crippen molar-refractivity contribution in [3.8, 4) is 12.3 Å². The third-order valence-corrected chi connectivity index (χ3v) is 2.79. The average molecular weight is 178 g/mol. The molecule has 0 unspecified atom stereocenters. The normalized spacial score (nSPS) is 19.0. The van der Waals surface area contributed by atoms with Crippen LogP contribution < -0.4 is 0 Å². The summed E-state index contributed by atoms with van der Waals surface area (Å²) < 4.78 is 0. The highest BCUT2D eigenvalue weighted by Gasteiger charge is 2.14. The number of hydrogen-bond donors (Lipinski definition) is 0. The zero-order valence-electron chi connectivity index (χ0n) is 8.22. The number of carbonyl (C=O) groups excluding carboxylic acids is 1. The highest BCUT2D eigenvalue weighted by molar-refractivity contribution is 5.80. The van der Waals surface area contributed by atoms with Crippen LogP contribution in [-0.2, 0) is 4.79 Å². The van der Waals surface area contributed by atoms with E-state index in [1.165, 1.54) is 38.5 Å². The second-order valence-corrected chi connectivity index (χ2v) is 3.98. The van der Waals surface area contributed by atoms with Crippen molar-refractivity contribution >= 4 is 5.78 Å². The molecule has 0 aromatic carbocycles. The molecular formula is C12H18O. The minimum atomic E-state index is 0.259. The van der Waals surface area contributed by atoms with Crippen LogP contribution in [0.1, 0.15) is 51.4 Å². The van der Waals surface area contributed by atoms with E-state index >= 15 is 0 Å². The van der Waals surface area contributed by atoms with Crippen LogP contribution in [0, 0.1) is 18.3 Å². The van der Waals surface area contributed by atoms with Crippen LogP contribution in [0.15, 0.2) is 0 Å². The molecule has 0 aromatic rings. The second kappa shape index (κ2) is 5.80. The fourth-order valence-electron chi connectivity index (χ4n) is 2.08. The first kappa shape index (κ1) is 10.3. The second-order valence-electron chi connectivity index (χ2n) is 3.98. The molecule has 0 amide bonds. The van der Waals surface area contributed by atoms with Crippen LogP contribution in [0.25, 0.3) is 0 Å². The molecule has 0 aliphatic heterocycles. The van der Waals surface area contributed by atoms with Crippen LogP contribution in [0.4, 0.5) is 0 Å². The molecule has 0 aromatic heterocycles. The topological polar surface area (TPSA) is 17.1 Å². The zero-order valence-corrected chi connectivity index (χ0v) is 8.22. The molecule has 1 heteroatoms. The average Bonchev–Trinajstić information content (AvgIpc) is 2.33. The molecule has 1 rings (SSSR count). The molecule has 0 radical (unpaired) electrons. The van der Waals surface area contributed by atoms with Crippen molar-refractivity contribution in [1.82, 2.24) is 0 Å². The van der Waals surface area contributed by atoms with Crippen molar-refractivity contribution in [1.29, 1.82) is 0 Å². The van der Waals surface area contributed by atoms with E-state index < -0.39 is 0 Å². The lowest BCUT2D eigenvalue weighted by molar-refractivity contribution is -0.119. The maximum atomic E-state index is 11.3. The number of terminal acetylenes is 1. The highest BCUT2D eigenvalue weighted by atomic mass is 16.1. The van der Waals surface area contributed by atoms with Gasteiger partial charge in [0.2, 0.25) is 0 Å². The molecular weight excluding hydrogens is 160 g/mol. The molecule has 0 saturated heterocycles. The van der Waals surface area contributed by atoms with Crippen molar-refractivity contribution in [3.63, 3.8) is 0 Å². The molecule has 1 fully saturated rings. The summed E-state index contributed by atoms with van der Waals surface area (Å²) in [7, 11) is 0. The van der Waals surface area contributed by atoms with Gasteiger partial charge in [-0.1, -0.05) is 44.4 Å². The van der Waals surface area contributed by atoms with Crippen molar-refractivity contribution in [2.45, 2.75) is 51.4 Å². The van der Waals surface area contributed by atoms with E-state index in [1.54, 1.807) is 0 Å². The Bertz CT molecular complexity index is 192. The van der Waals surface area contributed by atoms with E-state index in [1.807, 2.05) is 0 Å². The Morgan fingerprint density at radius 1 is 1.23 bits per heavy atom. The molecule has 0 heterocycles. The predicted octanol–water partition coefficient (Wildman–Crippen LogP) is 2.94. The van der Waals surface area contributed by atoms with Gasteiger partial charge in [-0.3, -0.25) is 4.79 Å². The Kier molecular flexibility index (Phi) is 4.60. The molecule has 0 atom stereocenters. The van der Waals surface area contributed by atoms with Crippen LogP contribution >= 0.6 is 0 Å². The number of rotatable bonds is 3. The van der Waals surface area contributed by atoms with Gasteiger partial charge in [0.15, 0.2) is 0 Å². The Labute approximate surface area is 80.9 Å². The van der Waals surface area contributed by atoms with Gasteiger partial charge < -0.3 is 0 Å². The van der Waals surface area contributed by atoms with Crippen molar-refractivity contribution in [2.24, 2.45) is 5.92 Å². The zero-order chi connectivity index (χ0) is 9.52. The Morgan fingerprint density at radius 2 is 1.85 bits per heavy atom. The van der Waals surface area contributed by atoms with Gasteiger partial charge in [-0.05, 0) is 5.92 Å². The largest absolute Gasteiger partial charge is 0.299 e. The lowest BCUT2D eigenvalue weighted by atomic mass is 9.94. The van der Waals surface area contributed by atoms with Gasteiger partial charge in [0.05, 0.1) is 6.42 Å². The SMILES string of the molecule is C#CCC(=O)CC1CCCCCC1. The van der Waals surface area contributed by atoms with Crippen molar-refractivity contribution in [3.05, 3.63) is 0 Å². The number of ketones is 1. The van der Waals surface area contributed by atoms with E-state index in [9.17, 15) is 4.79 Å². The summed E-state index contributed by atoms with van der Waals surface area (Å²) in [5.74, 6) is 3.31. The predicted molar refractivity (Wildman–Crippen MR) is 54.3 cm³/mol. The maximum Gasteiger partial charge on any atom is 0.145 e. The molecule has 1 saturated carbocycles. The first-order chi connectivity index (χ1) is 6.33. The lowest BCUT2D eigenvalue weighted by Crippen LogP contribution is -2.06. The number of Topliss-reactive ketones (excluding diaryl/α,β-unsaturated/α-hetero) is 1. The van der Waals surface area contributed by atoms with E-state index in [4.69, 9.17) is 6.42 Å². The van der Waals surface area contributed by atoms with Crippen LogP contribution in [0.2, 0.25) is 0 Å². The minimum absolute atomic E-state index is 0.259. The standard InChI is InChI=1S/C12H18O/c1-2-7-12(13)10-11-8-5-3-4-6-9-11/h1,11H,3-10H2. The smallest absolute Gasteiger partial charge is 0.145 e. The van der Waals surface area contributed by atoms with Crippen LogP contribution in [-0.4, -0.2) is 5.78 Å². The Hall–Kier alpha value is -0.770. The van der Waals surface area contributed by atoms with Gasteiger partial charge in [-0.25, -0.2) is 0 Å². The summed E-state index contributed by atoms with van der Waals surface area (Å²) in [6, 6.07) is 0. The molecule has 1 nitrogen and oxygen atoms in total. The van der Waals surface area contributed by atoms with Gasteiger partial charge in [0.1, 0.15) is 5.78 Å². The quantitative estimate of drug-likeness (QED) is 0.479. The first-order valence-corrected chi connectivity index (χ1v) is 5.28. The van der Waals surface area contributed by atoms with E-state index in [0.29, 0.717) is 12.3 Å². The third kappa shape index (κ3) is 4.12. The molecule has 13 heavy (non-hydrogen) atoms. The summed E-state index contributed by atoms with van der Waals surface area (Å²) in [6.45, 7) is 0. The monoisotopic (exact) mass is 178 g/mol. The number of carbonyl (C=O) groups is 1. The van der Waals surface area contributed by atoms with Crippen LogP contribution in [0.5, 0.6) is 0 Å². The molecule has 1 aliphatic carbocycles. The lowest BCUT2D eigenvalue weighted by Gasteiger charge is -2.11. The molecule has 0 spiro atoms. The Balaban J connectivity index is 2.26. The van der Waals surface area contributed by atoms with E-state index in [2.05, 4.69) is 5.92 Å². The molecule has 1 aliphatic rings. The molecule has 72 valence electrons. The van der Waals surface area contributed by atoms with Crippen molar-refractivity contribution in [2.75, 3.05) is 0 Å². The Morgan fingerprint density at radius 3 is 2.38 bits per heavy atom. The summed E-state index contributed by atoms with van der Waals surface area (Å²) >= 11 is 0. The van der Waals surface area contributed by atoms with E-state index in [0.717, 1.165) is 6.42 Å². The summed E-state index contributed by atoms with van der Waals surface area (Å²) in [5, 5.41) is 0. The van der Waals surface area contributed by atoms with Gasteiger partial charge >= 0.3 is 0 Å². The van der Waals surface area contributed by atoms with Gasteiger partial charge in [0.25, 0.3) is 0 Å². The van der Waals surface area contributed by atoms with Gasteiger partial charge in [0, 0.05) is 6.42 Å². The third-order valence-electron chi connectivity index (χ3n) is 2.79. The van der Waals surface area contributed by atoms with Gasteiger partial charge in [-0.15, -0.1) is 6.42 Å². The van der Waals surface area contributed by atoms with Crippen molar-refractivity contribution < 1.29 is 4.79 Å². The maximum absolute atomic E-state index is 11.3. The molecule has 0 bridgehead atoms. The van der Waals surface area contributed by atoms with Crippen LogP contribution in [0.3, 0.4) is 0 Å². The van der Waals surface area contributed by atoms with E-state index in [-0.39, 0.29) is 5.78 Å². The summed E-state index contributed by atoms with van der Waals surface area (Å²) in [6.07, 6.45) is 13.9. The molecule has 0 N–H and O–H groups in total. The first-order valence-electron chi connectivity index (χ1n) is 5.28.